The maximum atomic E-state index is 13.3. The van der Waals surface area contributed by atoms with Gasteiger partial charge in [-0.2, -0.15) is 5.26 Å². The Hall–Kier alpha value is -2.26. The van der Waals surface area contributed by atoms with Crippen LogP contribution in [0.5, 0.6) is 0 Å². The zero-order valence-corrected chi connectivity index (χ0v) is 11.1. The summed E-state index contributed by atoms with van der Waals surface area (Å²) < 4.78 is 13.6. The van der Waals surface area contributed by atoms with Crippen molar-refractivity contribution in [2.24, 2.45) is 0 Å². The number of halogens is 2. The summed E-state index contributed by atoms with van der Waals surface area (Å²) in [6.07, 6.45) is 1.30. The zero-order chi connectivity index (χ0) is 13.8. The Labute approximate surface area is 117 Å². The molecular formula is C13H7BrFN3O. The highest BCUT2D eigenvalue weighted by atomic mass is 79.9. The summed E-state index contributed by atoms with van der Waals surface area (Å²) in [4.78, 5) is 15.7. The summed E-state index contributed by atoms with van der Waals surface area (Å²) in [6.45, 7) is 0. The van der Waals surface area contributed by atoms with Gasteiger partial charge in [0.25, 0.3) is 5.91 Å². The normalized spacial score (nSPS) is 9.74. The third kappa shape index (κ3) is 3.14. The van der Waals surface area contributed by atoms with Crippen LogP contribution < -0.4 is 5.32 Å². The summed E-state index contributed by atoms with van der Waals surface area (Å²) in [5.74, 6) is -0.934. The van der Waals surface area contributed by atoms with Gasteiger partial charge in [0.05, 0.1) is 10.0 Å². The number of nitriles is 1. The molecule has 4 nitrogen and oxygen atoms in total. The lowest BCUT2D eigenvalue weighted by atomic mass is 10.2. The standard InChI is InChI=1S/C13H7BrFN3O/c14-10-3-2-9(5-11(10)15)18-13(19)12-4-1-8(6-16)7-17-12/h1-5,7H,(H,18,19). The molecule has 6 heteroatoms. The Kier molecular flexibility index (Phi) is 3.88. The third-order valence-electron chi connectivity index (χ3n) is 2.30. The van der Waals surface area contributed by atoms with Gasteiger partial charge < -0.3 is 5.32 Å². The van der Waals surface area contributed by atoms with E-state index in [2.05, 4.69) is 26.2 Å². The number of anilines is 1. The zero-order valence-electron chi connectivity index (χ0n) is 9.52. The molecule has 94 valence electrons. The molecule has 1 aromatic carbocycles. The number of rotatable bonds is 2. The van der Waals surface area contributed by atoms with Crippen molar-refractivity contribution in [1.82, 2.24) is 4.98 Å². The smallest absolute Gasteiger partial charge is 0.274 e. The van der Waals surface area contributed by atoms with Crippen LogP contribution in [0.4, 0.5) is 10.1 Å². The topological polar surface area (TPSA) is 65.8 Å². The van der Waals surface area contributed by atoms with Crippen molar-refractivity contribution < 1.29 is 9.18 Å². The fraction of sp³-hybridized carbons (Fsp3) is 0. The van der Waals surface area contributed by atoms with Crippen LogP contribution in [0.25, 0.3) is 0 Å². The van der Waals surface area contributed by atoms with Crippen LogP contribution >= 0.6 is 15.9 Å². The number of hydrogen-bond donors (Lipinski definition) is 1. The molecule has 2 rings (SSSR count). The Morgan fingerprint density at radius 3 is 2.74 bits per heavy atom. The second kappa shape index (κ2) is 5.59. The predicted molar refractivity (Wildman–Crippen MR) is 71.0 cm³/mol. The second-order valence-electron chi connectivity index (χ2n) is 3.63. The summed E-state index contributed by atoms with van der Waals surface area (Å²) in [5, 5.41) is 11.1. The Bertz CT molecular complexity index is 665. The Morgan fingerprint density at radius 1 is 1.37 bits per heavy atom. The number of pyridine rings is 1. The molecule has 0 aliphatic rings. The minimum Gasteiger partial charge on any atom is -0.321 e. The van der Waals surface area contributed by atoms with Crippen LogP contribution in [0, 0.1) is 17.1 Å². The molecule has 0 radical (unpaired) electrons. The molecule has 1 aromatic heterocycles. The fourth-order valence-corrected chi connectivity index (χ4v) is 1.61. The number of hydrogen-bond acceptors (Lipinski definition) is 3. The summed E-state index contributed by atoms with van der Waals surface area (Å²) >= 11 is 3.03. The van der Waals surface area contributed by atoms with Crippen LogP contribution in [0.3, 0.4) is 0 Å². The number of aromatic nitrogens is 1. The van der Waals surface area contributed by atoms with Gasteiger partial charge in [0.2, 0.25) is 0 Å². The average molecular weight is 320 g/mol. The highest BCUT2D eigenvalue weighted by Gasteiger charge is 2.09. The number of amides is 1. The first-order valence-corrected chi connectivity index (χ1v) is 6.02. The molecule has 0 atom stereocenters. The number of nitrogens with one attached hydrogen (secondary N) is 1. The lowest BCUT2D eigenvalue weighted by Crippen LogP contribution is -2.13. The van der Waals surface area contributed by atoms with E-state index in [1.807, 2.05) is 6.07 Å². The second-order valence-corrected chi connectivity index (χ2v) is 4.48. The molecule has 0 spiro atoms. The van der Waals surface area contributed by atoms with Gasteiger partial charge in [-0.05, 0) is 46.3 Å². The minimum atomic E-state index is -0.467. The molecule has 0 saturated carbocycles. The van der Waals surface area contributed by atoms with Crippen LogP contribution in [0.2, 0.25) is 0 Å². The Balaban J connectivity index is 2.16. The molecule has 0 aliphatic carbocycles. The van der Waals surface area contributed by atoms with Gasteiger partial charge in [0.15, 0.2) is 0 Å². The van der Waals surface area contributed by atoms with Crippen molar-refractivity contribution in [3.63, 3.8) is 0 Å². The van der Waals surface area contributed by atoms with Gasteiger partial charge in [-0.3, -0.25) is 4.79 Å². The number of carbonyl (C=O) groups excluding carboxylic acids is 1. The van der Waals surface area contributed by atoms with E-state index in [0.29, 0.717) is 15.7 Å². The van der Waals surface area contributed by atoms with Crippen LogP contribution in [-0.4, -0.2) is 10.9 Å². The van der Waals surface area contributed by atoms with Crippen molar-refractivity contribution in [2.75, 3.05) is 5.32 Å². The van der Waals surface area contributed by atoms with E-state index < -0.39 is 11.7 Å². The molecule has 0 unspecified atom stereocenters. The fourth-order valence-electron chi connectivity index (χ4n) is 1.36. The van der Waals surface area contributed by atoms with Crippen LogP contribution in [0.15, 0.2) is 41.0 Å². The third-order valence-corrected chi connectivity index (χ3v) is 2.95. The number of nitrogens with zero attached hydrogens (tertiary/aromatic N) is 2. The summed E-state index contributed by atoms with van der Waals surface area (Å²) in [6, 6.07) is 9.09. The highest BCUT2D eigenvalue weighted by molar-refractivity contribution is 9.10. The monoisotopic (exact) mass is 319 g/mol. The van der Waals surface area contributed by atoms with E-state index in [4.69, 9.17) is 5.26 Å². The molecule has 0 fully saturated rings. The molecule has 1 heterocycles. The van der Waals surface area contributed by atoms with Gasteiger partial charge in [-0.25, -0.2) is 9.37 Å². The molecule has 0 saturated heterocycles. The van der Waals surface area contributed by atoms with E-state index >= 15 is 0 Å². The maximum Gasteiger partial charge on any atom is 0.274 e. The van der Waals surface area contributed by atoms with Gasteiger partial charge in [0.1, 0.15) is 17.6 Å². The van der Waals surface area contributed by atoms with E-state index in [1.165, 1.54) is 30.5 Å². The first kappa shape index (κ1) is 13.2. The highest BCUT2D eigenvalue weighted by Crippen LogP contribution is 2.19. The largest absolute Gasteiger partial charge is 0.321 e. The van der Waals surface area contributed by atoms with Gasteiger partial charge in [0, 0.05) is 11.9 Å². The van der Waals surface area contributed by atoms with Crippen LogP contribution in [0.1, 0.15) is 16.1 Å². The lowest BCUT2D eigenvalue weighted by Gasteiger charge is -2.05. The molecule has 0 aliphatic heterocycles. The molecule has 0 bridgehead atoms. The molecule has 1 amide bonds. The molecular weight excluding hydrogens is 313 g/mol. The number of benzene rings is 1. The van der Waals surface area contributed by atoms with E-state index in [-0.39, 0.29) is 5.69 Å². The van der Waals surface area contributed by atoms with E-state index in [0.717, 1.165) is 0 Å². The van der Waals surface area contributed by atoms with Crippen molar-refractivity contribution in [3.8, 4) is 6.07 Å². The first-order valence-electron chi connectivity index (χ1n) is 5.22. The van der Waals surface area contributed by atoms with Crippen LogP contribution in [-0.2, 0) is 0 Å². The summed E-state index contributed by atoms with van der Waals surface area (Å²) in [5.41, 5.74) is 0.852. The first-order chi connectivity index (χ1) is 9.10. The van der Waals surface area contributed by atoms with Crippen molar-refractivity contribution in [2.45, 2.75) is 0 Å². The van der Waals surface area contributed by atoms with Crippen molar-refractivity contribution in [3.05, 3.63) is 58.1 Å². The van der Waals surface area contributed by atoms with Crippen molar-refractivity contribution >= 4 is 27.5 Å². The van der Waals surface area contributed by atoms with Gasteiger partial charge in [-0.1, -0.05) is 0 Å². The average Bonchev–Trinajstić information content (AvgIpc) is 2.43. The van der Waals surface area contributed by atoms with Gasteiger partial charge in [-0.15, -0.1) is 0 Å². The molecule has 1 N–H and O–H groups in total. The number of carbonyl (C=O) groups is 1. The van der Waals surface area contributed by atoms with Gasteiger partial charge >= 0.3 is 0 Å². The predicted octanol–water partition coefficient (Wildman–Crippen LogP) is 3.11. The SMILES string of the molecule is N#Cc1ccc(C(=O)Nc2ccc(Br)c(F)c2)nc1. The van der Waals surface area contributed by atoms with E-state index in [9.17, 15) is 9.18 Å². The molecule has 19 heavy (non-hydrogen) atoms. The maximum absolute atomic E-state index is 13.3. The molecule has 2 aromatic rings. The Morgan fingerprint density at radius 2 is 2.16 bits per heavy atom. The quantitative estimate of drug-likeness (QED) is 0.924. The summed E-state index contributed by atoms with van der Waals surface area (Å²) in [7, 11) is 0. The van der Waals surface area contributed by atoms with E-state index in [1.54, 1.807) is 6.07 Å². The lowest BCUT2D eigenvalue weighted by molar-refractivity contribution is 0.102. The van der Waals surface area contributed by atoms with Crippen molar-refractivity contribution in [1.29, 1.82) is 5.26 Å². The minimum absolute atomic E-state index is 0.155.